The Morgan fingerprint density at radius 3 is 1.73 bits per heavy atom. The molecule has 0 atom stereocenters. The largest absolute Gasteiger partial charge is 0.443 e. The maximum absolute atomic E-state index is 5.29. The van der Waals surface area contributed by atoms with Gasteiger partial charge in [0.15, 0.2) is 9.34 Å². The summed E-state index contributed by atoms with van der Waals surface area (Å²) in [6.07, 6.45) is 5.86. The number of halogens is 2. The van der Waals surface area contributed by atoms with Crippen LogP contribution in [0, 0.1) is 0 Å². The van der Waals surface area contributed by atoms with Crippen LogP contribution in [0.3, 0.4) is 0 Å². The van der Waals surface area contributed by atoms with E-state index in [0.29, 0.717) is 0 Å². The summed E-state index contributed by atoms with van der Waals surface area (Å²) >= 11 is 6.55. The summed E-state index contributed by atoms with van der Waals surface area (Å²) in [6, 6.07) is 0. The Labute approximate surface area is 84.8 Å². The van der Waals surface area contributed by atoms with E-state index in [4.69, 9.17) is 4.74 Å². The fraction of sp³-hybridized carbons (Fsp3) is 0.500. The molecule has 0 rings (SSSR count). The molecule has 3 heteroatoms. The van der Waals surface area contributed by atoms with E-state index >= 15 is 0 Å². The Hall–Kier alpha value is 0.240. The molecule has 64 valence electrons. The summed E-state index contributed by atoms with van der Waals surface area (Å²) in [6.45, 7) is 4.12. The molecule has 0 aromatic carbocycles. The van der Waals surface area contributed by atoms with E-state index in [1.165, 1.54) is 0 Å². The lowest BCUT2D eigenvalue weighted by molar-refractivity contribution is 0.377. The molecule has 0 unspecified atom stereocenters. The lowest BCUT2D eigenvalue weighted by Gasteiger charge is -2.00. The normalized spacial score (nSPS) is 13.5. The third-order valence-electron chi connectivity index (χ3n) is 0.924. The van der Waals surface area contributed by atoms with Gasteiger partial charge in [-0.25, -0.2) is 0 Å². The molecule has 0 amide bonds. The van der Waals surface area contributed by atoms with Crippen molar-refractivity contribution in [3.05, 3.63) is 21.5 Å². The standard InChI is InChI=1S/C8H12Br2O/c1-3-5-7(9)11-8(10)6-4-2/h5-6H,3-4H2,1-2H3/b7-5+,8-6+. The molecule has 0 heterocycles. The van der Waals surface area contributed by atoms with Crippen molar-refractivity contribution in [1.82, 2.24) is 0 Å². The van der Waals surface area contributed by atoms with Gasteiger partial charge in [0.05, 0.1) is 0 Å². The van der Waals surface area contributed by atoms with Gasteiger partial charge < -0.3 is 4.74 Å². The summed E-state index contributed by atoms with van der Waals surface area (Å²) in [5.74, 6) is 0. The number of allylic oxidation sites excluding steroid dienone is 2. The van der Waals surface area contributed by atoms with Crippen molar-refractivity contribution in [2.45, 2.75) is 26.7 Å². The van der Waals surface area contributed by atoms with Gasteiger partial charge in [0, 0.05) is 0 Å². The Balaban J connectivity index is 3.84. The van der Waals surface area contributed by atoms with Gasteiger partial charge in [-0.15, -0.1) is 0 Å². The molecule has 11 heavy (non-hydrogen) atoms. The Bertz CT molecular complexity index is 143. The van der Waals surface area contributed by atoms with Gasteiger partial charge in [0.2, 0.25) is 0 Å². The fourth-order valence-corrected chi connectivity index (χ4v) is 1.71. The first-order chi connectivity index (χ1) is 5.20. The van der Waals surface area contributed by atoms with Crippen LogP contribution in [0.5, 0.6) is 0 Å². The van der Waals surface area contributed by atoms with Crippen LogP contribution in [0.15, 0.2) is 21.5 Å². The van der Waals surface area contributed by atoms with Crippen LogP contribution < -0.4 is 0 Å². The zero-order chi connectivity index (χ0) is 8.69. The summed E-state index contributed by atoms with van der Waals surface area (Å²) in [7, 11) is 0. The van der Waals surface area contributed by atoms with Crippen LogP contribution in [0.25, 0.3) is 0 Å². The second kappa shape index (κ2) is 6.92. The first-order valence-electron chi connectivity index (χ1n) is 3.59. The molecule has 0 aliphatic carbocycles. The average molecular weight is 284 g/mol. The Morgan fingerprint density at radius 1 is 1.09 bits per heavy atom. The first-order valence-corrected chi connectivity index (χ1v) is 5.18. The van der Waals surface area contributed by atoms with Gasteiger partial charge in [0.25, 0.3) is 0 Å². The van der Waals surface area contributed by atoms with Crippen LogP contribution in [0.1, 0.15) is 26.7 Å². The van der Waals surface area contributed by atoms with Crippen molar-refractivity contribution < 1.29 is 4.74 Å². The van der Waals surface area contributed by atoms with E-state index in [9.17, 15) is 0 Å². The third-order valence-corrected chi connectivity index (χ3v) is 1.90. The van der Waals surface area contributed by atoms with Crippen LogP contribution in [0.2, 0.25) is 0 Å². The summed E-state index contributed by atoms with van der Waals surface area (Å²) < 4.78 is 6.81. The summed E-state index contributed by atoms with van der Waals surface area (Å²) in [5.41, 5.74) is 0. The van der Waals surface area contributed by atoms with Gasteiger partial charge in [-0.05, 0) is 56.9 Å². The van der Waals surface area contributed by atoms with Gasteiger partial charge in [0.1, 0.15) is 0 Å². The predicted molar refractivity (Wildman–Crippen MR) is 55.7 cm³/mol. The molecule has 1 nitrogen and oxygen atoms in total. The Morgan fingerprint density at radius 2 is 1.45 bits per heavy atom. The van der Waals surface area contributed by atoms with E-state index in [1.54, 1.807) is 0 Å². The molecule has 0 aliphatic heterocycles. The second-order valence-electron chi connectivity index (χ2n) is 1.94. The van der Waals surface area contributed by atoms with Crippen molar-refractivity contribution >= 4 is 31.9 Å². The minimum Gasteiger partial charge on any atom is -0.443 e. The number of ether oxygens (including phenoxy) is 1. The third kappa shape index (κ3) is 6.63. The lowest BCUT2D eigenvalue weighted by atomic mass is 10.5. The average Bonchev–Trinajstić information content (AvgIpc) is 1.87. The molecule has 0 saturated carbocycles. The van der Waals surface area contributed by atoms with Gasteiger partial charge >= 0.3 is 0 Å². The molecule has 0 fully saturated rings. The summed E-state index contributed by atoms with van der Waals surface area (Å²) in [4.78, 5) is 0. The molecular formula is C8H12Br2O. The lowest BCUT2D eigenvalue weighted by Crippen LogP contribution is -1.79. The molecule has 0 spiro atoms. The van der Waals surface area contributed by atoms with Crippen molar-refractivity contribution in [3.63, 3.8) is 0 Å². The van der Waals surface area contributed by atoms with Gasteiger partial charge in [-0.1, -0.05) is 13.8 Å². The molecule has 0 aromatic heterocycles. The minimum absolute atomic E-state index is 0.761. The molecule has 0 saturated heterocycles. The first kappa shape index (κ1) is 11.2. The molecular weight excluding hydrogens is 272 g/mol. The van der Waals surface area contributed by atoms with E-state index in [-0.39, 0.29) is 0 Å². The highest BCUT2D eigenvalue weighted by atomic mass is 79.9. The minimum atomic E-state index is 0.761. The maximum atomic E-state index is 5.29. The van der Waals surface area contributed by atoms with E-state index in [2.05, 4.69) is 45.7 Å². The quantitative estimate of drug-likeness (QED) is 0.699. The Kier molecular flexibility index (Phi) is 7.07. The monoisotopic (exact) mass is 282 g/mol. The zero-order valence-electron chi connectivity index (χ0n) is 6.73. The van der Waals surface area contributed by atoms with Crippen LogP contribution in [-0.2, 0) is 4.74 Å². The van der Waals surface area contributed by atoms with E-state index in [1.807, 2.05) is 12.2 Å². The number of hydrogen-bond acceptors (Lipinski definition) is 1. The predicted octanol–water partition coefficient (Wildman–Crippen LogP) is 4.30. The highest BCUT2D eigenvalue weighted by Gasteiger charge is 1.93. The topological polar surface area (TPSA) is 9.23 Å². The van der Waals surface area contributed by atoms with E-state index < -0.39 is 0 Å². The second-order valence-corrected chi connectivity index (χ2v) is 3.50. The molecule has 0 N–H and O–H groups in total. The molecule has 0 radical (unpaired) electrons. The molecule has 0 bridgehead atoms. The van der Waals surface area contributed by atoms with Gasteiger partial charge in [-0.2, -0.15) is 0 Å². The van der Waals surface area contributed by atoms with Crippen LogP contribution in [-0.4, -0.2) is 0 Å². The fourth-order valence-electron chi connectivity index (χ4n) is 0.497. The van der Waals surface area contributed by atoms with Gasteiger partial charge in [-0.3, -0.25) is 0 Å². The van der Waals surface area contributed by atoms with E-state index in [0.717, 1.165) is 22.2 Å². The highest BCUT2D eigenvalue weighted by molar-refractivity contribution is 9.12. The van der Waals surface area contributed by atoms with Crippen molar-refractivity contribution in [2.75, 3.05) is 0 Å². The highest BCUT2D eigenvalue weighted by Crippen LogP contribution is 2.18. The molecule has 0 aromatic rings. The van der Waals surface area contributed by atoms with Crippen LogP contribution in [0.4, 0.5) is 0 Å². The smallest absolute Gasteiger partial charge is 0.166 e. The maximum Gasteiger partial charge on any atom is 0.166 e. The number of rotatable bonds is 4. The number of hydrogen-bond donors (Lipinski definition) is 0. The molecule has 0 aliphatic rings. The van der Waals surface area contributed by atoms with Crippen molar-refractivity contribution in [2.24, 2.45) is 0 Å². The zero-order valence-corrected chi connectivity index (χ0v) is 9.91. The summed E-state index contributed by atoms with van der Waals surface area (Å²) in [5, 5.41) is 0. The van der Waals surface area contributed by atoms with Crippen LogP contribution >= 0.6 is 31.9 Å². The van der Waals surface area contributed by atoms with Crippen molar-refractivity contribution in [1.29, 1.82) is 0 Å². The SMILES string of the molecule is CC/C=C(\Br)O/C(Br)=C/CC. The van der Waals surface area contributed by atoms with Crippen molar-refractivity contribution in [3.8, 4) is 0 Å².